The number of nitrogens with zero attached hydrogens (tertiary/aromatic N) is 1. The molecule has 0 saturated carbocycles. The van der Waals surface area contributed by atoms with Gasteiger partial charge in [-0.05, 0) is 31.9 Å². The average molecular weight is 250 g/mol. The van der Waals surface area contributed by atoms with Crippen molar-refractivity contribution in [2.75, 3.05) is 25.1 Å². The SMILES string of the molecule is CCOC(=O)c1ccc(NC2CCOCC2)cn1. The molecule has 2 heterocycles. The summed E-state index contributed by atoms with van der Waals surface area (Å²) in [6.07, 6.45) is 3.67. The van der Waals surface area contributed by atoms with Gasteiger partial charge in [-0.3, -0.25) is 0 Å². The minimum absolute atomic E-state index is 0.342. The van der Waals surface area contributed by atoms with E-state index < -0.39 is 0 Å². The molecule has 1 aromatic rings. The lowest BCUT2D eigenvalue weighted by Crippen LogP contribution is -2.27. The van der Waals surface area contributed by atoms with Crippen LogP contribution in [0.15, 0.2) is 18.3 Å². The second-order valence-electron chi connectivity index (χ2n) is 4.18. The molecule has 0 amide bonds. The Morgan fingerprint density at radius 2 is 2.28 bits per heavy atom. The smallest absolute Gasteiger partial charge is 0.356 e. The molecule has 1 N–H and O–H groups in total. The van der Waals surface area contributed by atoms with Gasteiger partial charge in [-0.2, -0.15) is 0 Å². The van der Waals surface area contributed by atoms with Gasteiger partial charge in [0.15, 0.2) is 0 Å². The van der Waals surface area contributed by atoms with Gasteiger partial charge in [0, 0.05) is 19.3 Å². The summed E-state index contributed by atoms with van der Waals surface area (Å²) in [6.45, 7) is 3.74. The standard InChI is InChI=1S/C13H18N2O3/c1-2-18-13(16)12-4-3-11(9-14-12)15-10-5-7-17-8-6-10/h3-4,9-10,15H,2,5-8H2,1H3. The molecule has 0 radical (unpaired) electrons. The van der Waals surface area contributed by atoms with Gasteiger partial charge < -0.3 is 14.8 Å². The molecule has 18 heavy (non-hydrogen) atoms. The number of anilines is 1. The van der Waals surface area contributed by atoms with Crippen LogP contribution in [-0.2, 0) is 9.47 Å². The predicted molar refractivity (Wildman–Crippen MR) is 67.7 cm³/mol. The van der Waals surface area contributed by atoms with Crippen LogP contribution in [0.2, 0.25) is 0 Å². The fourth-order valence-electron chi connectivity index (χ4n) is 1.88. The Labute approximate surface area is 107 Å². The van der Waals surface area contributed by atoms with Crippen molar-refractivity contribution in [2.45, 2.75) is 25.8 Å². The van der Waals surface area contributed by atoms with E-state index in [1.54, 1.807) is 19.2 Å². The number of carbonyl (C=O) groups is 1. The van der Waals surface area contributed by atoms with Crippen molar-refractivity contribution in [1.29, 1.82) is 0 Å². The first-order chi connectivity index (χ1) is 8.79. The van der Waals surface area contributed by atoms with Gasteiger partial charge in [0.1, 0.15) is 5.69 Å². The maximum Gasteiger partial charge on any atom is 0.356 e. The molecule has 1 fully saturated rings. The van der Waals surface area contributed by atoms with E-state index in [2.05, 4.69) is 10.3 Å². The number of hydrogen-bond acceptors (Lipinski definition) is 5. The molecule has 0 bridgehead atoms. The molecule has 1 aromatic heterocycles. The second-order valence-corrected chi connectivity index (χ2v) is 4.18. The number of nitrogens with one attached hydrogen (secondary N) is 1. The highest BCUT2D eigenvalue weighted by Gasteiger charge is 2.14. The van der Waals surface area contributed by atoms with E-state index in [0.29, 0.717) is 18.3 Å². The topological polar surface area (TPSA) is 60.5 Å². The van der Waals surface area contributed by atoms with Crippen molar-refractivity contribution in [3.8, 4) is 0 Å². The van der Waals surface area contributed by atoms with Crippen LogP contribution in [0.5, 0.6) is 0 Å². The van der Waals surface area contributed by atoms with Crippen LogP contribution in [0.1, 0.15) is 30.3 Å². The molecular formula is C13H18N2O3. The van der Waals surface area contributed by atoms with E-state index in [1.165, 1.54) is 0 Å². The van der Waals surface area contributed by atoms with Gasteiger partial charge in [-0.25, -0.2) is 9.78 Å². The lowest BCUT2D eigenvalue weighted by atomic mass is 10.1. The minimum atomic E-state index is -0.380. The van der Waals surface area contributed by atoms with Gasteiger partial charge in [-0.15, -0.1) is 0 Å². The molecule has 1 aliphatic heterocycles. The summed E-state index contributed by atoms with van der Waals surface area (Å²) >= 11 is 0. The van der Waals surface area contributed by atoms with E-state index in [4.69, 9.17) is 9.47 Å². The summed E-state index contributed by atoms with van der Waals surface area (Å²) in [5.74, 6) is -0.380. The summed E-state index contributed by atoms with van der Waals surface area (Å²) in [4.78, 5) is 15.5. The maximum atomic E-state index is 11.4. The summed E-state index contributed by atoms with van der Waals surface area (Å²) in [5.41, 5.74) is 1.27. The normalized spacial score (nSPS) is 16.3. The molecule has 0 aliphatic carbocycles. The maximum absolute atomic E-state index is 11.4. The molecule has 5 nitrogen and oxygen atoms in total. The van der Waals surface area contributed by atoms with Crippen LogP contribution in [0.25, 0.3) is 0 Å². The molecule has 1 saturated heterocycles. The predicted octanol–water partition coefficient (Wildman–Crippen LogP) is 1.85. The second kappa shape index (κ2) is 6.35. The molecule has 0 spiro atoms. The fraction of sp³-hybridized carbons (Fsp3) is 0.538. The first-order valence-electron chi connectivity index (χ1n) is 6.27. The van der Waals surface area contributed by atoms with Gasteiger partial charge in [0.05, 0.1) is 18.5 Å². The van der Waals surface area contributed by atoms with Crippen molar-refractivity contribution >= 4 is 11.7 Å². The first-order valence-corrected chi connectivity index (χ1v) is 6.27. The molecule has 5 heteroatoms. The van der Waals surface area contributed by atoms with Crippen LogP contribution in [-0.4, -0.2) is 36.8 Å². The van der Waals surface area contributed by atoms with E-state index in [1.807, 2.05) is 6.07 Å². The minimum Gasteiger partial charge on any atom is -0.461 e. The Hall–Kier alpha value is -1.62. The Morgan fingerprint density at radius 1 is 1.50 bits per heavy atom. The van der Waals surface area contributed by atoms with Crippen LogP contribution < -0.4 is 5.32 Å². The third-order valence-corrected chi connectivity index (χ3v) is 2.84. The van der Waals surface area contributed by atoms with E-state index in [9.17, 15) is 4.79 Å². The summed E-state index contributed by atoms with van der Waals surface area (Å²) in [7, 11) is 0. The Bertz CT molecular complexity index is 386. The van der Waals surface area contributed by atoms with Crippen molar-refractivity contribution < 1.29 is 14.3 Å². The Balaban J connectivity index is 1.92. The third-order valence-electron chi connectivity index (χ3n) is 2.84. The molecule has 2 rings (SSSR count). The fourth-order valence-corrected chi connectivity index (χ4v) is 1.88. The molecule has 0 aromatic carbocycles. The Morgan fingerprint density at radius 3 is 2.89 bits per heavy atom. The van der Waals surface area contributed by atoms with E-state index in [0.717, 1.165) is 31.7 Å². The summed E-state index contributed by atoms with van der Waals surface area (Å²) in [5, 5.41) is 3.38. The molecule has 0 unspecified atom stereocenters. The molecular weight excluding hydrogens is 232 g/mol. The zero-order valence-corrected chi connectivity index (χ0v) is 10.5. The van der Waals surface area contributed by atoms with Gasteiger partial charge >= 0.3 is 5.97 Å². The van der Waals surface area contributed by atoms with Crippen LogP contribution >= 0.6 is 0 Å². The van der Waals surface area contributed by atoms with Gasteiger partial charge in [-0.1, -0.05) is 0 Å². The van der Waals surface area contributed by atoms with Gasteiger partial charge in [0.2, 0.25) is 0 Å². The largest absolute Gasteiger partial charge is 0.461 e. The number of aromatic nitrogens is 1. The summed E-state index contributed by atoms with van der Waals surface area (Å²) in [6, 6.07) is 3.96. The van der Waals surface area contributed by atoms with E-state index >= 15 is 0 Å². The Kier molecular flexibility index (Phi) is 4.52. The van der Waals surface area contributed by atoms with Crippen molar-refractivity contribution in [3.05, 3.63) is 24.0 Å². The number of rotatable bonds is 4. The molecule has 0 atom stereocenters. The van der Waals surface area contributed by atoms with Crippen LogP contribution in [0, 0.1) is 0 Å². The highest BCUT2D eigenvalue weighted by atomic mass is 16.5. The zero-order chi connectivity index (χ0) is 12.8. The van der Waals surface area contributed by atoms with Crippen LogP contribution in [0.3, 0.4) is 0 Å². The zero-order valence-electron chi connectivity index (χ0n) is 10.5. The van der Waals surface area contributed by atoms with Crippen LogP contribution in [0.4, 0.5) is 5.69 Å². The first kappa shape index (κ1) is 12.8. The number of pyridine rings is 1. The number of hydrogen-bond donors (Lipinski definition) is 1. The van der Waals surface area contributed by atoms with Gasteiger partial charge in [0.25, 0.3) is 0 Å². The lowest BCUT2D eigenvalue weighted by Gasteiger charge is -2.23. The number of ether oxygens (including phenoxy) is 2. The number of carbonyl (C=O) groups excluding carboxylic acids is 1. The van der Waals surface area contributed by atoms with Crippen molar-refractivity contribution in [3.63, 3.8) is 0 Å². The third kappa shape index (κ3) is 3.43. The van der Waals surface area contributed by atoms with E-state index in [-0.39, 0.29) is 5.97 Å². The molecule has 98 valence electrons. The highest BCUT2D eigenvalue weighted by molar-refractivity contribution is 5.87. The van der Waals surface area contributed by atoms with Crippen molar-refractivity contribution in [1.82, 2.24) is 4.98 Å². The average Bonchev–Trinajstić information content (AvgIpc) is 2.41. The summed E-state index contributed by atoms with van der Waals surface area (Å²) < 4.78 is 10.2. The molecule has 1 aliphatic rings. The van der Waals surface area contributed by atoms with Crippen molar-refractivity contribution in [2.24, 2.45) is 0 Å². The highest BCUT2D eigenvalue weighted by Crippen LogP contribution is 2.14. The quantitative estimate of drug-likeness (QED) is 0.826. The number of esters is 1. The monoisotopic (exact) mass is 250 g/mol. The lowest BCUT2D eigenvalue weighted by molar-refractivity contribution is 0.0519.